The molecule has 0 heterocycles. The number of nitrogens with two attached hydrogens (primary N) is 1. The van der Waals surface area contributed by atoms with Crippen molar-refractivity contribution in [3.05, 3.63) is 28.0 Å². The molecule has 0 saturated heterocycles. The molecule has 15 heavy (non-hydrogen) atoms. The molecule has 0 aromatic heterocycles. The average Bonchev–Trinajstić information content (AvgIpc) is 2.13. The summed E-state index contributed by atoms with van der Waals surface area (Å²) in [6.45, 7) is 0. The highest BCUT2D eigenvalue weighted by molar-refractivity contribution is 9.10. The Bertz CT molecular complexity index is 397. The fourth-order valence-corrected chi connectivity index (χ4v) is 1.58. The summed E-state index contributed by atoms with van der Waals surface area (Å²) >= 11 is 3.03. The number of hydrogen-bond acceptors (Lipinski definition) is 3. The molecule has 4 N–H and O–H groups in total. The van der Waals surface area contributed by atoms with Crippen LogP contribution < -0.4 is 5.73 Å². The van der Waals surface area contributed by atoms with Gasteiger partial charge in [0, 0.05) is 16.5 Å². The van der Waals surface area contributed by atoms with Crippen molar-refractivity contribution in [3.63, 3.8) is 0 Å². The molecule has 0 amide bonds. The number of carboxylic acids is 1. The lowest BCUT2D eigenvalue weighted by atomic mass is 10.1. The molecule has 6 heteroatoms. The summed E-state index contributed by atoms with van der Waals surface area (Å²) in [5, 5.41) is 17.9. The number of carboxylic acid groups (broad SMARTS) is 1. The first-order valence-corrected chi connectivity index (χ1v) is 4.86. The lowest BCUT2D eigenvalue weighted by Crippen LogP contribution is -2.32. The zero-order chi connectivity index (χ0) is 11.6. The lowest BCUT2D eigenvalue weighted by molar-refractivity contribution is -0.138. The van der Waals surface area contributed by atoms with E-state index in [1.54, 1.807) is 0 Å². The standard InChI is InChI=1S/C9H9BrFNO3/c10-5-1-4(2-7(12)9(14)15)8(13)6(11)3-5/h1,3,7,13H,2,12H2,(H,14,15). The van der Waals surface area contributed by atoms with E-state index in [0.717, 1.165) is 6.07 Å². The Morgan fingerprint density at radius 1 is 1.60 bits per heavy atom. The van der Waals surface area contributed by atoms with Gasteiger partial charge < -0.3 is 15.9 Å². The second-order valence-electron chi connectivity index (χ2n) is 3.04. The van der Waals surface area contributed by atoms with Gasteiger partial charge in [-0.25, -0.2) is 4.39 Å². The molecule has 0 spiro atoms. The summed E-state index contributed by atoms with van der Waals surface area (Å²) < 4.78 is 13.4. The molecule has 82 valence electrons. The van der Waals surface area contributed by atoms with E-state index in [1.165, 1.54) is 6.07 Å². The van der Waals surface area contributed by atoms with Crippen molar-refractivity contribution in [1.82, 2.24) is 0 Å². The Hall–Kier alpha value is -1.14. The van der Waals surface area contributed by atoms with Crippen LogP contribution in [-0.4, -0.2) is 22.2 Å². The predicted octanol–water partition coefficient (Wildman–Crippen LogP) is 1.25. The van der Waals surface area contributed by atoms with Crippen LogP contribution >= 0.6 is 15.9 Å². The number of phenols is 1. The van der Waals surface area contributed by atoms with E-state index in [1.807, 2.05) is 0 Å². The molecule has 1 rings (SSSR count). The van der Waals surface area contributed by atoms with Crippen molar-refractivity contribution in [2.75, 3.05) is 0 Å². The van der Waals surface area contributed by atoms with Crippen LogP contribution in [0.15, 0.2) is 16.6 Å². The van der Waals surface area contributed by atoms with Crippen LogP contribution in [0.3, 0.4) is 0 Å². The van der Waals surface area contributed by atoms with Crippen LogP contribution in [0.2, 0.25) is 0 Å². The lowest BCUT2D eigenvalue weighted by Gasteiger charge is -2.09. The van der Waals surface area contributed by atoms with Gasteiger partial charge in [-0.2, -0.15) is 0 Å². The Labute approximate surface area is 93.6 Å². The number of benzene rings is 1. The van der Waals surface area contributed by atoms with Gasteiger partial charge in [-0.15, -0.1) is 0 Å². The molecule has 0 radical (unpaired) electrons. The minimum Gasteiger partial charge on any atom is -0.505 e. The summed E-state index contributed by atoms with van der Waals surface area (Å²) in [6, 6.07) is 1.36. The molecule has 4 nitrogen and oxygen atoms in total. The molecule has 0 fully saturated rings. The summed E-state index contributed by atoms with van der Waals surface area (Å²) in [6.07, 6.45) is -0.127. The zero-order valence-corrected chi connectivity index (χ0v) is 9.16. The highest BCUT2D eigenvalue weighted by atomic mass is 79.9. The summed E-state index contributed by atoms with van der Waals surface area (Å²) in [5.74, 6) is -2.57. The van der Waals surface area contributed by atoms with Gasteiger partial charge >= 0.3 is 5.97 Å². The first-order chi connectivity index (χ1) is 6.91. The maximum absolute atomic E-state index is 13.0. The average molecular weight is 278 g/mol. The van der Waals surface area contributed by atoms with E-state index in [-0.39, 0.29) is 12.0 Å². The van der Waals surface area contributed by atoms with Crippen LogP contribution in [0, 0.1) is 5.82 Å². The van der Waals surface area contributed by atoms with Crippen molar-refractivity contribution < 1.29 is 19.4 Å². The molecule has 1 unspecified atom stereocenters. The van der Waals surface area contributed by atoms with Gasteiger partial charge in [-0.3, -0.25) is 4.79 Å². The number of aliphatic carboxylic acids is 1. The van der Waals surface area contributed by atoms with Crippen LogP contribution in [0.5, 0.6) is 5.75 Å². The Kier molecular flexibility index (Phi) is 3.65. The van der Waals surface area contributed by atoms with Crippen molar-refractivity contribution in [1.29, 1.82) is 0 Å². The second-order valence-corrected chi connectivity index (χ2v) is 3.96. The van der Waals surface area contributed by atoms with Crippen LogP contribution in [-0.2, 0) is 11.2 Å². The van der Waals surface area contributed by atoms with E-state index in [0.29, 0.717) is 4.47 Å². The normalized spacial score (nSPS) is 12.5. The fourth-order valence-electron chi connectivity index (χ4n) is 1.10. The summed E-state index contributed by atoms with van der Waals surface area (Å²) in [5.41, 5.74) is 5.43. The van der Waals surface area contributed by atoms with Crippen molar-refractivity contribution in [2.45, 2.75) is 12.5 Å². The Balaban J connectivity index is 2.99. The third-order valence-electron chi connectivity index (χ3n) is 1.86. The molecule has 0 aliphatic carbocycles. The number of halogens is 2. The van der Waals surface area contributed by atoms with Gasteiger partial charge in [0.15, 0.2) is 11.6 Å². The predicted molar refractivity (Wildman–Crippen MR) is 55.1 cm³/mol. The van der Waals surface area contributed by atoms with Gasteiger partial charge in [0.2, 0.25) is 0 Å². The summed E-state index contributed by atoms with van der Waals surface area (Å²) in [7, 11) is 0. The van der Waals surface area contributed by atoms with Crippen molar-refractivity contribution in [2.24, 2.45) is 5.73 Å². The summed E-state index contributed by atoms with van der Waals surface area (Å²) in [4.78, 5) is 10.5. The quantitative estimate of drug-likeness (QED) is 0.777. The van der Waals surface area contributed by atoms with Gasteiger partial charge in [0.25, 0.3) is 0 Å². The minimum absolute atomic E-state index is 0.127. The smallest absolute Gasteiger partial charge is 0.320 e. The second kappa shape index (κ2) is 4.59. The van der Waals surface area contributed by atoms with Gasteiger partial charge in [0.1, 0.15) is 6.04 Å². The SMILES string of the molecule is NC(Cc1cc(Br)cc(F)c1O)C(=O)O. The maximum atomic E-state index is 13.0. The Morgan fingerprint density at radius 2 is 2.20 bits per heavy atom. The van der Waals surface area contributed by atoms with Gasteiger partial charge in [-0.05, 0) is 12.1 Å². The molecule has 1 aromatic rings. The van der Waals surface area contributed by atoms with Crippen molar-refractivity contribution in [3.8, 4) is 5.75 Å². The van der Waals surface area contributed by atoms with Crippen molar-refractivity contribution >= 4 is 21.9 Å². The molecule has 0 bridgehead atoms. The van der Waals surface area contributed by atoms with E-state index < -0.39 is 23.6 Å². The third-order valence-corrected chi connectivity index (χ3v) is 2.32. The molecule has 0 aliphatic heterocycles. The molecular formula is C9H9BrFNO3. The van der Waals surface area contributed by atoms with Crippen LogP contribution in [0.4, 0.5) is 4.39 Å². The van der Waals surface area contributed by atoms with Crippen LogP contribution in [0.1, 0.15) is 5.56 Å². The van der Waals surface area contributed by atoms with E-state index in [2.05, 4.69) is 15.9 Å². The van der Waals surface area contributed by atoms with Gasteiger partial charge in [0.05, 0.1) is 0 Å². The molecule has 0 saturated carbocycles. The largest absolute Gasteiger partial charge is 0.505 e. The van der Waals surface area contributed by atoms with Crippen LogP contribution in [0.25, 0.3) is 0 Å². The van der Waals surface area contributed by atoms with E-state index in [9.17, 15) is 14.3 Å². The first-order valence-electron chi connectivity index (χ1n) is 4.07. The number of carbonyl (C=O) groups is 1. The topological polar surface area (TPSA) is 83.5 Å². The van der Waals surface area contributed by atoms with E-state index >= 15 is 0 Å². The highest BCUT2D eigenvalue weighted by Crippen LogP contribution is 2.26. The van der Waals surface area contributed by atoms with Gasteiger partial charge in [-0.1, -0.05) is 15.9 Å². The molecule has 1 atom stereocenters. The molecular weight excluding hydrogens is 269 g/mol. The fraction of sp³-hybridized carbons (Fsp3) is 0.222. The molecule has 1 aromatic carbocycles. The first kappa shape index (κ1) is 11.9. The molecule has 0 aliphatic rings. The number of phenolic OH excluding ortho intramolecular Hbond substituents is 1. The highest BCUT2D eigenvalue weighted by Gasteiger charge is 2.16. The zero-order valence-electron chi connectivity index (χ0n) is 7.58. The Morgan fingerprint density at radius 3 is 2.73 bits per heavy atom. The number of hydrogen-bond donors (Lipinski definition) is 3. The minimum atomic E-state index is -1.20. The van der Waals surface area contributed by atoms with E-state index in [4.69, 9.17) is 10.8 Å². The number of aromatic hydroxyl groups is 1. The number of rotatable bonds is 3. The maximum Gasteiger partial charge on any atom is 0.320 e. The monoisotopic (exact) mass is 277 g/mol. The third kappa shape index (κ3) is 2.90.